The second-order valence-corrected chi connectivity index (χ2v) is 6.72. The molecule has 3 nitrogen and oxygen atoms in total. The number of hydrogen-bond acceptors (Lipinski definition) is 3. The predicted molar refractivity (Wildman–Crippen MR) is 106 cm³/mol. The monoisotopic (exact) mass is 389 g/mol. The predicted octanol–water partition coefficient (Wildman–Crippen LogP) is 5.31. The summed E-state index contributed by atoms with van der Waals surface area (Å²) in [6.07, 6.45) is 5.14. The zero-order valence-electron chi connectivity index (χ0n) is 14.9. The van der Waals surface area contributed by atoms with Gasteiger partial charge in [-0.3, -0.25) is 4.79 Å². The van der Waals surface area contributed by atoms with Gasteiger partial charge in [0.15, 0.2) is 5.78 Å². The lowest BCUT2D eigenvalue weighted by molar-refractivity contribution is 0.104. The number of fused-ring (bicyclic) bond motifs is 1. The molecule has 1 heterocycles. The Kier molecular flexibility index (Phi) is 6.17. The molecule has 0 bridgehead atoms. The Morgan fingerprint density at radius 1 is 1.30 bits per heavy atom. The highest BCUT2D eigenvalue weighted by Gasteiger charge is 2.21. The van der Waals surface area contributed by atoms with Crippen molar-refractivity contribution < 1.29 is 18.1 Å². The minimum absolute atomic E-state index is 0.00849. The fourth-order valence-corrected chi connectivity index (χ4v) is 3.45. The third-order valence-electron chi connectivity index (χ3n) is 4.55. The van der Waals surface area contributed by atoms with Crippen LogP contribution in [0.15, 0.2) is 42.5 Å². The normalized spacial score (nSPS) is 13.6. The van der Waals surface area contributed by atoms with Crippen LogP contribution in [0.25, 0.3) is 6.08 Å². The van der Waals surface area contributed by atoms with Crippen LogP contribution in [0.4, 0.5) is 14.3 Å². The van der Waals surface area contributed by atoms with Crippen LogP contribution in [0.5, 0.6) is 5.75 Å². The van der Waals surface area contributed by atoms with E-state index in [-0.39, 0.29) is 16.3 Å². The van der Waals surface area contributed by atoms with Gasteiger partial charge in [0.1, 0.15) is 5.75 Å². The third-order valence-corrected chi connectivity index (χ3v) is 4.79. The first kappa shape index (κ1) is 19.4. The number of halogens is 3. The second-order valence-electron chi connectivity index (χ2n) is 6.29. The van der Waals surface area contributed by atoms with Crippen LogP contribution in [0.2, 0.25) is 5.02 Å². The van der Waals surface area contributed by atoms with Crippen molar-refractivity contribution in [3.05, 3.63) is 64.2 Å². The van der Waals surface area contributed by atoms with Gasteiger partial charge in [-0.1, -0.05) is 23.7 Å². The molecule has 0 saturated heterocycles. The number of allylic oxidation sites excluding steroid dienone is 1. The van der Waals surface area contributed by atoms with E-state index in [1.54, 1.807) is 6.08 Å². The van der Waals surface area contributed by atoms with Crippen molar-refractivity contribution in [2.75, 3.05) is 18.0 Å². The standard InChI is InChI=1S/C20H19BClF2NO2/c1-2-25-11-3-4-15-12-14(5-8-18(15)25)6-9-19(26)17-13-16(22)7-10-20(17)27-21(23)24/h5-10,12-13H,2-4,11H2,1H3/b9-6+. The topological polar surface area (TPSA) is 29.5 Å². The average molecular weight is 390 g/mol. The molecular weight excluding hydrogens is 370 g/mol. The van der Waals surface area contributed by atoms with Gasteiger partial charge in [0.25, 0.3) is 0 Å². The maximum Gasteiger partial charge on any atom is 0.796 e. The van der Waals surface area contributed by atoms with Gasteiger partial charge >= 0.3 is 7.47 Å². The Morgan fingerprint density at radius 3 is 2.85 bits per heavy atom. The van der Waals surface area contributed by atoms with E-state index in [1.807, 2.05) is 6.07 Å². The molecule has 0 amide bonds. The first-order chi connectivity index (χ1) is 13.0. The summed E-state index contributed by atoms with van der Waals surface area (Å²) in [6, 6.07) is 10.1. The smallest absolute Gasteiger partial charge is 0.505 e. The van der Waals surface area contributed by atoms with Crippen LogP contribution in [-0.4, -0.2) is 26.3 Å². The van der Waals surface area contributed by atoms with E-state index >= 15 is 0 Å². The maximum atomic E-state index is 12.5. The van der Waals surface area contributed by atoms with Gasteiger partial charge < -0.3 is 9.55 Å². The minimum Gasteiger partial charge on any atom is -0.505 e. The quantitative estimate of drug-likeness (QED) is 0.381. The molecule has 2 aromatic rings. The zero-order valence-corrected chi connectivity index (χ0v) is 15.7. The van der Waals surface area contributed by atoms with E-state index in [0.717, 1.165) is 31.5 Å². The Morgan fingerprint density at radius 2 is 2.11 bits per heavy atom. The summed E-state index contributed by atoms with van der Waals surface area (Å²) in [5.41, 5.74) is 3.38. The van der Waals surface area contributed by atoms with E-state index in [9.17, 15) is 13.4 Å². The second kappa shape index (κ2) is 8.57. The molecule has 0 radical (unpaired) electrons. The number of hydrogen-bond donors (Lipinski definition) is 0. The van der Waals surface area contributed by atoms with Crippen LogP contribution < -0.4 is 9.55 Å². The summed E-state index contributed by atoms with van der Waals surface area (Å²) < 4.78 is 29.5. The van der Waals surface area contributed by atoms with E-state index < -0.39 is 13.3 Å². The van der Waals surface area contributed by atoms with Crippen molar-refractivity contribution in [3.8, 4) is 5.75 Å². The van der Waals surface area contributed by atoms with Crippen LogP contribution in [-0.2, 0) is 6.42 Å². The SMILES string of the molecule is CCN1CCCc2cc(/C=C/C(=O)c3cc(Cl)ccc3OB(F)F)ccc21. The zero-order chi connectivity index (χ0) is 19.4. The molecule has 7 heteroatoms. The first-order valence-corrected chi connectivity index (χ1v) is 9.20. The van der Waals surface area contributed by atoms with Gasteiger partial charge in [-0.15, -0.1) is 0 Å². The average Bonchev–Trinajstić information content (AvgIpc) is 2.66. The number of aryl methyl sites for hydroxylation is 1. The summed E-state index contributed by atoms with van der Waals surface area (Å²) in [7, 11) is -3.01. The molecule has 140 valence electrons. The van der Waals surface area contributed by atoms with E-state index in [1.165, 1.54) is 35.5 Å². The molecule has 27 heavy (non-hydrogen) atoms. The van der Waals surface area contributed by atoms with Crippen molar-refractivity contribution in [1.82, 2.24) is 0 Å². The Balaban J connectivity index is 1.82. The van der Waals surface area contributed by atoms with E-state index in [0.29, 0.717) is 0 Å². The molecule has 0 fully saturated rings. The molecule has 0 aromatic heterocycles. The lowest BCUT2D eigenvalue weighted by Crippen LogP contribution is -2.28. The highest BCUT2D eigenvalue weighted by atomic mass is 35.5. The molecule has 1 aliphatic heterocycles. The summed E-state index contributed by atoms with van der Waals surface area (Å²) in [4.78, 5) is 14.8. The molecule has 0 saturated carbocycles. The van der Waals surface area contributed by atoms with Gasteiger partial charge in [-0.2, -0.15) is 0 Å². The van der Waals surface area contributed by atoms with Gasteiger partial charge in [0.2, 0.25) is 0 Å². The van der Waals surface area contributed by atoms with Crippen molar-refractivity contribution in [1.29, 1.82) is 0 Å². The molecular formula is C20H19BClF2NO2. The Labute approximate surface area is 162 Å². The van der Waals surface area contributed by atoms with Crippen LogP contribution >= 0.6 is 11.6 Å². The molecule has 0 N–H and O–H groups in total. The summed E-state index contributed by atoms with van der Waals surface area (Å²) >= 11 is 5.90. The molecule has 0 spiro atoms. The number of benzene rings is 2. The maximum absolute atomic E-state index is 12.5. The summed E-state index contributed by atoms with van der Waals surface area (Å²) in [6.45, 7) is 4.15. The fourth-order valence-electron chi connectivity index (χ4n) is 3.28. The summed E-state index contributed by atoms with van der Waals surface area (Å²) in [5, 5.41) is 0.279. The highest BCUT2D eigenvalue weighted by molar-refractivity contribution is 6.36. The van der Waals surface area contributed by atoms with Gasteiger partial charge in [-0.25, -0.2) is 8.63 Å². The van der Waals surface area contributed by atoms with Crippen molar-refractivity contribution >= 4 is 36.6 Å². The lowest BCUT2D eigenvalue weighted by atomic mass is 9.98. The number of nitrogens with zero attached hydrogens (tertiary/aromatic N) is 1. The number of carbonyl (C=O) groups is 1. The number of ketones is 1. The molecule has 0 aliphatic carbocycles. The van der Waals surface area contributed by atoms with E-state index in [4.69, 9.17) is 11.6 Å². The Hall–Kier alpha value is -2.34. The van der Waals surface area contributed by atoms with Crippen molar-refractivity contribution in [3.63, 3.8) is 0 Å². The minimum atomic E-state index is -3.01. The van der Waals surface area contributed by atoms with Crippen molar-refractivity contribution in [2.24, 2.45) is 0 Å². The van der Waals surface area contributed by atoms with Gasteiger partial charge in [0.05, 0.1) is 5.56 Å². The van der Waals surface area contributed by atoms with Gasteiger partial charge in [0, 0.05) is 23.8 Å². The molecule has 3 rings (SSSR count). The number of carbonyl (C=O) groups excluding carboxylic acids is 1. The van der Waals surface area contributed by atoms with Crippen LogP contribution in [0.1, 0.15) is 34.8 Å². The lowest BCUT2D eigenvalue weighted by Gasteiger charge is -2.30. The van der Waals surface area contributed by atoms with Crippen LogP contribution in [0, 0.1) is 0 Å². The fraction of sp³-hybridized carbons (Fsp3) is 0.250. The molecule has 2 aromatic carbocycles. The third kappa shape index (κ3) is 4.69. The van der Waals surface area contributed by atoms with E-state index in [2.05, 4.69) is 28.6 Å². The van der Waals surface area contributed by atoms with Crippen LogP contribution in [0.3, 0.4) is 0 Å². The molecule has 0 atom stereocenters. The number of anilines is 1. The first-order valence-electron chi connectivity index (χ1n) is 8.82. The highest BCUT2D eigenvalue weighted by Crippen LogP contribution is 2.29. The summed E-state index contributed by atoms with van der Waals surface area (Å²) in [5.74, 6) is -0.630. The molecule has 0 unspecified atom stereocenters. The number of rotatable bonds is 6. The Bertz CT molecular complexity index is 873. The van der Waals surface area contributed by atoms with Gasteiger partial charge in [-0.05, 0) is 67.3 Å². The molecule has 1 aliphatic rings. The largest absolute Gasteiger partial charge is 0.796 e. The van der Waals surface area contributed by atoms with Crippen molar-refractivity contribution in [2.45, 2.75) is 19.8 Å².